The molecule has 0 aromatic rings. The van der Waals surface area contributed by atoms with E-state index in [9.17, 15) is 9.59 Å². The number of fused-ring (bicyclic) bond motifs is 5. The molecule has 4 aliphatic rings. The van der Waals surface area contributed by atoms with Gasteiger partial charge in [0.25, 0.3) is 0 Å². The molecule has 0 aromatic carbocycles. The predicted octanol–water partition coefficient (Wildman–Crippen LogP) is 4.89. The Balaban J connectivity index is 1.51. The number of rotatable bonds is 2. The van der Waals surface area contributed by atoms with Crippen molar-refractivity contribution in [3.05, 3.63) is 0 Å². The van der Waals surface area contributed by atoms with Crippen LogP contribution in [0.5, 0.6) is 0 Å². The van der Waals surface area contributed by atoms with Crippen molar-refractivity contribution in [3.63, 3.8) is 0 Å². The monoisotopic (exact) mass is 376 g/mol. The normalized spacial score (nSPS) is 48.7. The Kier molecular flexibility index (Phi) is 4.83. The van der Waals surface area contributed by atoms with Crippen LogP contribution in [0.15, 0.2) is 0 Å². The Morgan fingerprint density at radius 1 is 0.778 bits per heavy atom. The van der Waals surface area contributed by atoms with Crippen molar-refractivity contribution in [2.45, 2.75) is 97.7 Å². The maximum atomic E-state index is 11.6. The van der Waals surface area contributed by atoms with Crippen LogP contribution in [0.3, 0.4) is 0 Å². The summed E-state index contributed by atoms with van der Waals surface area (Å²) in [7, 11) is 0. The third-order valence-corrected chi connectivity index (χ3v) is 9.17. The molecule has 0 heterocycles. The first-order chi connectivity index (χ1) is 12.7. The Morgan fingerprint density at radius 2 is 1.44 bits per heavy atom. The van der Waals surface area contributed by atoms with Crippen LogP contribution in [0.25, 0.3) is 0 Å². The first-order valence-corrected chi connectivity index (χ1v) is 11.1. The number of ether oxygens (including phenoxy) is 2. The van der Waals surface area contributed by atoms with Gasteiger partial charge in [0.05, 0.1) is 0 Å². The van der Waals surface area contributed by atoms with E-state index in [0.29, 0.717) is 17.3 Å². The summed E-state index contributed by atoms with van der Waals surface area (Å²) in [4.78, 5) is 23.0. The van der Waals surface area contributed by atoms with E-state index >= 15 is 0 Å². The highest BCUT2D eigenvalue weighted by Crippen LogP contribution is 2.66. The fourth-order valence-electron chi connectivity index (χ4n) is 7.91. The number of carbonyl (C=O) groups excluding carboxylic acids is 2. The smallest absolute Gasteiger partial charge is 0.302 e. The summed E-state index contributed by atoms with van der Waals surface area (Å²) in [5.74, 6) is 2.69. The highest BCUT2D eigenvalue weighted by atomic mass is 16.5. The van der Waals surface area contributed by atoms with Gasteiger partial charge in [-0.05, 0) is 86.9 Å². The molecule has 0 radical (unpaired) electrons. The zero-order valence-corrected chi connectivity index (χ0v) is 17.5. The lowest BCUT2D eigenvalue weighted by atomic mass is 9.45. The zero-order chi connectivity index (χ0) is 19.4. The van der Waals surface area contributed by atoms with Gasteiger partial charge in [-0.15, -0.1) is 0 Å². The Labute approximate surface area is 163 Å². The average Bonchev–Trinajstić information content (AvgIpc) is 2.91. The molecule has 8 atom stereocenters. The van der Waals surface area contributed by atoms with E-state index in [0.717, 1.165) is 31.1 Å². The van der Waals surface area contributed by atoms with Gasteiger partial charge in [0.2, 0.25) is 0 Å². The van der Waals surface area contributed by atoms with Gasteiger partial charge in [-0.3, -0.25) is 9.59 Å². The largest absolute Gasteiger partial charge is 0.463 e. The summed E-state index contributed by atoms with van der Waals surface area (Å²) in [6, 6.07) is 0. The molecule has 0 spiro atoms. The van der Waals surface area contributed by atoms with Crippen LogP contribution in [0.1, 0.15) is 85.5 Å². The summed E-state index contributed by atoms with van der Waals surface area (Å²) >= 11 is 0. The number of hydrogen-bond acceptors (Lipinski definition) is 4. The fraction of sp³-hybridized carbons (Fsp3) is 0.913. The van der Waals surface area contributed by atoms with Crippen LogP contribution in [0.2, 0.25) is 0 Å². The second kappa shape index (κ2) is 6.77. The van der Waals surface area contributed by atoms with Gasteiger partial charge < -0.3 is 9.47 Å². The predicted molar refractivity (Wildman–Crippen MR) is 103 cm³/mol. The van der Waals surface area contributed by atoms with Crippen LogP contribution < -0.4 is 0 Å². The molecule has 0 saturated heterocycles. The molecule has 4 heteroatoms. The molecular formula is C23H36O4. The fourth-order valence-corrected chi connectivity index (χ4v) is 7.91. The van der Waals surface area contributed by atoms with Gasteiger partial charge >= 0.3 is 11.9 Å². The summed E-state index contributed by atoms with van der Waals surface area (Å²) in [6.07, 6.45) is 10.8. The Bertz CT molecular complexity index is 615. The summed E-state index contributed by atoms with van der Waals surface area (Å²) in [5, 5.41) is 0. The molecule has 4 aliphatic carbocycles. The van der Waals surface area contributed by atoms with Gasteiger partial charge in [0.15, 0.2) is 0 Å². The second-order valence-electron chi connectivity index (χ2n) is 10.4. The lowest BCUT2D eigenvalue weighted by molar-refractivity contribution is -0.167. The highest BCUT2D eigenvalue weighted by molar-refractivity contribution is 5.66. The van der Waals surface area contributed by atoms with E-state index in [-0.39, 0.29) is 29.6 Å². The maximum Gasteiger partial charge on any atom is 0.302 e. The summed E-state index contributed by atoms with van der Waals surface area (Å²) in [5.41, 5.74) is 0.561. The third-order valence-electron chi connectivity index (χ3n) is 9.17. The van der Waals surface area contributed by atoms with Crippen LogP contribution in [0, 0.1) is 34.5 Å². The molecule has 0 bridgehead atoms. The van der Waals surface area contributed by atoms with Crippen LogP contribution >= 0.6 is 0 Å². The molecule has 0 aromatic heterocycles. The van der Waals surface area contributed by atoms with Gasteiger partial charge in [-0.1, -0.05) is 13.8 Å². The molecule has 152 valence electrons. The second-order valence-corrected chi connectivity index (χ2v) is 10.4. The van der Waals surface area contributed by atoms with Crippen molar-refractivity contribution in [2.24, 2.45) is 34.5 Å². The average molecular weight is 377 g/mol. The summed E-state index contributed by atoms with van der Waals surface area (Å²) in [6.45, 7) is 8.00. The molecule has 0 N–H and O–H groups in total. The SMILES string of the molecule is CC(=O)O[C@H]1CC[C@@]2(C)[C@@H](CC[C@H]3[C@H]2CC[C@]2(C)[C@@H](OC(C)=O)CC[C@@H]32)C1. The van der Waals surface area contributed by atoms with E-state index in [1.807, 2.05) is 0 Å². The molecule has 0 aliphatic heterocycles. The van der Waals surface area contributed by atoms with Crippen molar-refractivity contribution in [1.29, 1.82) is 0 Å². The molecule has 27 heavy (non-hydrogen) atoms. The zero-order valence-electron chi connectivity index (χ0n) is 17.5. The number of carbonyl (C=O) groups is 2. The van der Waals surface area contributed by atoms with Crippen molar-refractivity contribution in [1.82, 2.24) is 0 Å². The lowest BCUT2D eigenvalue weighted by Crippen LogP contribution is -2.54. The Morgan fingerprint density at radius 3 is 2.15 bits per heavy atom. The van der Waals surface area contributed by atoms with Crippen molar-refractivity contribution in [3.8, 4) is 0 Å². The quantitative estimate of drug-likeness (QED) is 0.644. The number of hydrogen-bond donors (Lipinski definition) is 0. The topological polar surface area (TPSA) is 52.6 Å². The van der Waals surface area contributed by atoms with Gasteiger partial charge in [0, 0.05) is 19.3 Å². The van der Waals surface area contributed by atoms with E-state index in [1.54, 1.807) is 6.92 Å². The Hall–Kier alpha value is -1.06. The van der Waals surface area contributed by atoms with Crippen molar-refractivity contribution >= 4 is 11.9 Å². The first-order valence-electron chi connectivity index (χ1n) is 11.1. The van der Waals surface area contributed by atoms with Gasteiger partial charge in [-0.2, -0.15) is 0 Å². The molecular weight excluding hydrogens is 340 g/mol. The van der Waals surface area contributed by atoms with E-state index in [2.05, 4.69) is 13.8 Å². The molecule has 0 unspecified atom stereocenters. The minimum Gasteiger partial charge on any atom is -0.463 e. The van der Waals surface area contributed by atoms with Crippen LogP contribution in [-0.4, -0.2) is 24.1 Å². The van der Waals surface area contributed by atoms with E-state index in [1.165, 1.54) is 45.4 Å². The van der Waals surface area contributed by atoms with Gasteiger partial charge in [0.1, 0.15) is 12.2 Å². The van der Waals surface area contributed by atoms with Gasteiger partial charge in [-0.25, -0.2) is 0 Å². The van der Waals surface area contributed by atoms with Crippen molar-refractivity contribution < 1.29 is 19.1 Å². The molecule has 4 nitrogen and oxygen atoms in total. The highest BCUT2D eigenvalue weighted by Gasteiger charge is 2.61. The lowest BCUT2D eigenvalue weighted by Gasteiger charge is -2.60. The molecule has 0 amide bonds. The molecule has 4 saturated carbocycles. The van der Waals surface area contributed by atoms with Crippen LogP contribution in [-0.2, 0) is 19.1 Å². The van der Waals surface area contributed by atoms with E-state index < -0.39 is 0 Å². The standard InChI is InChI=1S/C23H36O4/c1-14(24)26-17-9-11-22(3)16(13-17)5-6-18-19-7-8-21(27-15(2)25)23(19,4)12-10-20(18)22/h16-21H,5-13H2,1-4H3/t16-,17-,18+,19-,20+,21-,22-,23-/m0/s1. The van der Waals surface area contributed by atoms with Crippen LogP contribution in [0.4, 0.5) is 0 Å². The molecule has 4 fully saturated rings. The van der Waals surface area contributed by atoms with E-state index in [4.69, 9.17) is 9.47 Å². The first kappa shape index (κ1) is 19.3. The van der Waals surface area contributed by atoms with Crippen molar-refractivity contribution in [2.75, 3.05) is 0 Å². The minimum atomic E-state index is -0.131. The third kappa shape index (κ3) is 3.11. The molecule has 4 rings (SSSR count). The minimum absolute atomic E-state index is 0.117. The maximum absolute atomic E-state index is 11.6. The summed E-state index contributed by atoms with van der Waals surface area (Å²) < 4.78 is 11.3. The number of esters is 2.